The maximum Gasteiger partial charge on any atom is 0.337 e. The quantitative estimate of drug-likeness (QED) is 0.644. The number of allylic oxidation sites excluding steroid dienone is 1. The van der Waals surface area contributed by atoms with E-state index in [2.05, 4.69) is 4.74 Å². The molecule has 2 aromatic rings. The third-order valence-corrected chi connectivity index (χ3v) is 3.50. The van der Waals surface area contributed by atoms with Crippen molar-refractivity contribution in [2.24, 2.45) is 0 Å². The van der Waals surface area contributed by atoms with Gasteiger partial charge in [-0.3, -0.25) is 4.79 Å². The van der Waals surface area contributed by atoms with Crippen LogP contribution in [0.4, 0.5) is 0 Å². The molecule has 0 spiro atoms. The summed E-state index contributed by atoms with van der Waals surface area (Å²) in [7, 11) is 2.88. The molecule has 0 atom stereocenters. The number of ketones is 1. The number of fused-ring (bicyclic) bond motifs is 1. The fourth-order valence-electron chi connectivity index (χ4n) is 2.29. The molecule has 0 saturated heterocycles. The average Bonchev–Trinajstić information content (AvgIpc) is 2.90. The number of hydrogen-bond donors (Lipinski definition) is 0. The van der Waals surface area contributed by atoms with Gasteiger partial charge in [-0.05, 0) is 42.0 Å². The van der Waals surface area contributed by atoms with Crippen LogP contribution < -0.4 is 9.47 Å². The molecule has 2 aromatic carbocycles. The van der Waals surface area contributed by atoms with Crippen LogP contribution in [0.3, 0.4) is 0 Å². The lowest BCUT2D eigenvalue weighted by Crippen LogP contribution is -2.02. The van der Waals surface area contributed by atoms with Gasteiger partial charge in [-0.25, -0.2) is 4.79 Å². The number of carbonyl (C=O) groups is 2. The van der Waals surface area contributed by atoms with Crippen LogP contribution in [-0.4, -0.2) is 26.0 Å². The van der Waals surface area contributed by atoms with Gasteiger partial charge in [-0.2, -0.15) is 0 Å². The first-order valence-electron chi connectivity index (χ1n) is 6.93. The van der Waals surface area contributed by atoms with Crippen LogP contribution in [0, 0.1) is 0 Å². The van der Waals surface area contributed by atoms with E-state index in [9.17, 15) is 9.59 Å². The van der Waals surface area contributed by atoms with Crippen molar-refractivity contribution in [3.05, 3.63) is 64.9 Å². The third kappa shape index (κ3) is 2.81. The van der Waals surface area contributed by atoms with Crippen LogP contribution in [0.25, 0.3) is 6.08 Å². The zero-order valence-electron chi connectivity index (χ0n) is 12.7. The molecule has 0 radical (unpaired) electrons. The van der Waals surface area contributed by atoms with Crippen molar-refractivity contribution in [1.29, 1.82) is 0 Å². The predicted molar refractivity (Wildman–Crippen MR) is 83.7 cm³/mol. The van der Waals surface area contributed by atoms with Crippen molar-refractivity contribution in [1.82, 2.24) is 0 Å². The van der Waals surface area contributed by atoms with Gasteiger partial charge in [0.1, 0.15) is 11.5 Å². The van der Waals surface area contributed by atoms with Gasteiger partial charge >= 0.3 is 5.97 Å². The van der Waals surface area contributed by atoms with Crippen LogP contribution in [-0.2, 0) is 4.74 Å². The minimum absolute atomic E-state index is 0.215. The zero-order chi connectivity index (χ0) is 16.4. The smallest absolute Gasteiger partial charge is 0.337 e. The molecule has 0 aliphatic carbocycles. The van der Waals surface area contributed by atoms with Crippen LogP contribution >= 0.6 is 0 Å². The Bertz CT molecular complexity index is 803. The van der Waals surface area contributed by atoms with E-state index >= 15 is 0 Å². The van der Waals surface area contributed by atoms with Crippen molar-refractivity contribution in [3.63, 3.8) is 0 Å². The van der Waals surface area contributed by atoms with Gasteiger partial charge in [-0.1, -0.05) is 12.1 Å². The standard InChI is InChI=1S/C18H14O5/c1-21-13-6-3-11(4-7-13)9-16-17(19)14-10-12(18(20)22-2)5-8-15(14)23-16/h3-10H,1-2H3/b16-9-. The lowest BCUT2D eigenvalue weighted by molar-refractivity contribution is 0.0600. The number of hydrogen-bond acceptors (Lipinski definition) is 5. The highest BCUT2D eigenvalue weighted by Crippen LogP contribution is 2.32. The van der Waals surface area contributed by atoms with Gasteiger partial charge in [0.15, 0.2) is 5.76 Å². The monoisotopic (exact) mass is 310 g/mol. The number of benzene rings is 2. The van der Waals surface area contributed by atoms with Gasteiger partial charge < -0.3 is 14.2 Å². The summed E-state index contributed by atoms with van der Waals surface area (Å²) < 4.78 is 15.3. The van der Waals surface area contributed by atoms with E-state index in [4.69, 9.17) is 9.47 Å². The maximum atomic E-state index is 12.4. The fraction of sp³-hybridized carbons (Fsp3) is 0.111. The highest BCUT2D eigenvalue weighted by molar-refractivity contribution is 6.15. The Hall–Kier alpha value is -3.08. The van der Waals surface area contributed by atoms with E-state index < -0.39 is 5.97 Å². The van der Waals surface area contributed by atoms with E-state index in [1.165, 1.54) is 13.2 Å². The molecular weight excluding hydrogens is 296 g/mol. The first kappa shape index (κ1) is 14.8. The summed E-state index contributed by atoms with van der Waals surface area (Å²) in [6, 6.07) is 11.9. The minimum atomic E-state index is -0.492. The second-order valence-electron chi connectivity index (χ2n) is 4.92. The number of esters is 1. The molecule has 0 amide bonds. The SMILES string of the molecule is COC(=O)c1ccc2c(c1)C(=O)/C(=C/c1ccc(OC)cc1)O2. The number of carbonyl (C=O) groups excluding carboxylic acids is 2. The van der Waals surface area contributed by atoms with Crippen LogP contribution in [0.15, 0.2) is 48.2 Å². The van der Waals surface area contributed by atoms with Gasteiger partial charge in [0.25, 0.3) is 0 Å². The normalized spacial score (nSPS) is 14.3. The topological polar surface area (TPSA) is 61.8 Å². The van der Waals surface area contributed by atoms with Crippen LogP contribution in [0.1, 0.15) is 26.3 Å². The van der Waals surface area contributed by atoms with Crippen molar-refractivity contribution in [3.8, 4) is 11.5 Å². The lowest BCUT2D eigenvalue weighted by Gasteiger charge is -2.01. The summed E-state index contributed by atoms with van der Waals surface area (Å²) in [5.74, 6) is 0.626. The molecule has 0 unspecified atom stereocenters. The molecule has 0 bridgehead atoms. The molecule has 1 aliphatic rings. The van der Waals surface area contributed by atoms with E-state index in [-0.39, 0.29) is 11.5 Å². The highest BCUT2D eigenvalue weighted by atomic mass is 16.5. The number of ether oxygens (including phenoxy) is 3. The van der Waals surface area contributed by atoms with E-state index in [0.717, 1.165) is 11.3 Å². The zero-order valence-corrected chi connectivity index (χ0v) is 12.7. The number of rotatable bonds is 3. The Balaban J connectivity index is 1.90. The van der Waals surface area contributed by atoms with Crippen molar-refractivity contribution in [2.45, 2.75) is 0 Å². The van der Waals surface area contributed by atoms with Crippen molar-refractivity contribution < 1.29 is 23.8 Å². The molecule has 0 fully saturated rings. The Morgan fingerprint density at radius 3 is 2.48 bits per heavy atom. The largest absolute Gasteiger partial charge is 0.497 e. The average molecular weight is 310 g/mol. The molecule has 1 heterocycles. The first-order valence-corrected chi connectivity index (χ1v) is 6.93. The molecule has 1 aliphatic heterocycles. The second-order valence-corrected chi connectivity index (χ2v) is 4.92. The summed E-state index contributed by atoms with van der Waals surface area (Å²) in [4.78, 5) is 24.0. The first-order chi connectivity index (χ1) is 11.1. The summed E-state index contributed by atoms with van der Waals surface area (Å²) >= 11 is 0. The molecule has 5 nitrogen and oxygen atoms in total. The summed E-state index contributed by atoms with van der Waals surface area (Å²) in [6.45, 7) is 0. The third-order valence-electron chi connectivity index (χ3n) is 3.50. The van der Waals surface area contributed by atoms with Crippen LogP contribution in [0.5, 0.6) is 11.5 Å². The fourth-order valence-corrected chi connectivity index (χ4v) is 2.29. The van der Waals surface area contributed by atoms with Crippen molar-refractivity contribution in [2.75, 3.05) is 14.2 Å². The van der Waals surface area contributed by atoms with Crippen LogP contribution in [0.2, 0.25) is 0 Å². The lowest BCUT2D eigenvalue weighted by atomic mass is 10.1. The Labute approximate surface area is 133 Å². The molecule has 3 rings (SSSR count). The van der Waals surface area contributed by atoms with Gasteiger partial charge in [-0.15, -0.1) is 0 Å². The van der Waals surface area contributed by atoms with Gasteiger partial charge in [0, 0.05) is 0 Å². The molecular formula is C18H14O5. The molecule has 23 heavy (non-hydrogen) atoms. The molecule has 116 valence electrons. The second kappa shape index (κ2) is 5.96. The molecule has 0 N–H and O–H groups in total. The Kier molecular flexibility index (Phi) is 3.85. The number of methoxy groups -OCH3 is 2. The summed E-state index contributed by atoms with van der Waals surface area (Å²) in [6.07, 6.45) is 1.65. The summed E-state index contributed by atoms with van der Waals surface area (Å²) in [5.41, 5.74) is 1.48. The maximum absolute atomic E-state index is 12.4. The van der Waals surface area contributed by atoms with E-state index in [1.54, 1.807) is 37.5 Å². The molecule has 5 heteroatoms. The Morgan fingerprint density at radius 1 is 1.09 bits per heavy atom. The summed E-state index contributed by atoms with van der Waals surface area (Å²) in [5, 5.41) is 0. The van der Waals surface area contributed by atoms with E-state index in [1.807, 2.05) is 12.1 Å². The van der Waals surface area contributed by atoms with E-state index in [0.29, 0.717) is 16.9 Å². The highest BCUT2D eigenvalue weighted by Gasteiger charge is 2.28. The predicted octanol–water partition coefficient (Wildman–Crippen LogP) is 3.10. The Morgan fingerprint density at radius 2 is 1.83 bits per heavy atom. The van der Waals surface area contributed by atoms with Gasteiger partial charge in [0.2, 0.25) is 5.78 Å². The molecule has 0 saturated carbocycles. The van der Waals surface area contributed by atoms with Crippen molar-refractivity contribution >= 4 is 17.8 Å². The molecule has 0 aromatic heterocycles. The van der Waals surface area contributed by atoms with Gasteiger partial charge in [0.05, 0.1) is 25.3 Å². The minimum Gasteiger partial charge on any atom is -0.497 e. The number of Topliss-reactive ketones (excluding diaryl/α,β-unsaturated/α-hetero) is 1.